The molecule has 0 spiro atoms. The number of nitrogens with zero attached hydrogens (tertiary/aromatic N) is 3. The van der Waals surface area contributed by atoms with Gasteiger partial charge in [0.2, 0.25) is 0 Å². The first kappa shape index (κ1) is 17.5. The van der Waals surface area contributed by atoms with Crippen molar-refractivity contribution in [3.05, 3.63) is 54.1 Å². The van der Waals surface area contributed by atoms with Gasteiger partial charge in [0.15, 0.2) is 5.11 Å². The zero-order valence-electron chi connectivity index (χ0n) is 15.2. The van der Waals surface area contributed by atoms with Crippen molar-refractivity contribution in [1.82, 2.24) is 19.8 Å². The summed E-state index contributed by atoms with van der Waals surface area (Å²) in [5.41, 5.74) is 2.31. The maximum absolute atomic E-state index is 5.65. The molecule has 1 N–H and O–H groups in total. The van der Waals surface area contributed by atoms with Crippen LogP contribution < -0.4 is 5.32 Å². The van der Waals surface area contributed by atoms with E-state index in [9.17, 15) is 0 Å². The van der Waals surface area contributed by atoms with E-state index >= 15 is 0 Å². The number of pyridine rings is 1. The normalized spacial score (nSPS) is 23.6. The lowest BCUT2D eigenvalue weighted by molar-refractivity contribution is 0.164. The fourth-order valence-corrected chi connectivity index (χ4v) is 4.57. The highest BCUT2D eigenvalue weighted by atomic mass is 32.1. The minimum absolute atomic E-state index is 0.0555. The van der Waals surface area contributed by atoms with Crippen molar-refractivity contribution in [1.29, 1.82) is 0 Å². The summed E-state index contributed by atoms with van der Waals surface area (Å²) < 4.78 is 7.71. The second-order valence-corrected chi connectivity index (χ2v) is 7.53. The Morgan fingerprint density at radius 2 is 2.12 bits per heavy atom. The van der Waals surface area contributed by atoms with Crippen molar-refractivity contribution in [3.8, 4) is 0 Å². The fraction of sp³-hybridized carbons (Fsp3) is 0.500. The Hall–Kier alpha value is -1.92. The number of ether oxygens (including phenoxy) is 1. The Morgan fingerprint density at radius 1 is 1.27 bits per heavy atom. The third kappa shape index (κ3) is 3.35. The van der Waals surface area contributed by atoms with Gasteiger partial charge in [-0.1, -0.05) is 18.9 Å². The molecular weight excluding hydrogens is 344 g/mol. The largest absolute Gasteiger partial charge is 0.383 e. The standard InChI is InChI=1S/C20H26N4OS/c1-25-13-12-24-19(15-9-11-23(14-15)16-6-2-3-7-16)18(22-20(24)26)17-8-4-5-10-21-17/h4-5,8-11,14,16,18-19H,2-3,6-7,12-13H2,1H3,(H,22,26)/t18-,19-/m0/s1. The van der Waals surface area contributed by atoms with Crippen molar-refractivity contribution in [2.45, 2.75) is 43.8 Å². The third-order valence-electron chi connectivity index (χ3n) is 5.56. The van der Waals surface area contributed by atoms with Crippen LogP contribution >= 0.6 is 12.2 Å². The van der Waals surface area contributed by atoms with Gasteiger partial charge in [0, 0.05) is 38.3 Å². The van der Waals surface area contributed by atoms with Gasteiger partial charge < -0.3 is 19.5 Å². The van der Waals surface area contributed by atoms with Crippen LogP contribution in [0, 0.1) is 0 Å². The number of thiocarbonyl (C=S) groups is 1. The molecule has 1 aliphatic carbocycles. The summed E-state index contributed by atoms with van der Waals surface area (Å²) in [4.78, 5) is 6.83. The smallest absolute Gasteiger partial charge is 0.170 e. The molecule has 2 aliphatic rings. The molecule has 3 heterocycles. The lowest BCUT2D eigenvalue weighted by Crippen LogP contribution is -2.32. The van der Waals surface area contributed by atoms with E-state index in [0.717, 1.165) is 17.4 Å². The van der Waals surface area contributed by atoms with Gasteiger partial charge in [0.25, 0.3) is 0 Å². The Kier molecular flexibility index (Phi) is 5.22. The summed E-state index contributed by atoms with van der Waals surface area (Å²) in [5, 5.41) is 4.26. The Balaban J connectivity index is 1.66. The minimum Gasteiger partial charge on any atom is -0.383 e. The zero-order chi connectivity index (χ0) is 17.9. The van der Waals surface area contributed by atoms with E-state index in [1.54, 1.807) is 7.11 Å². The molecule has 0 aromatic carbocycles. The molecule has 4 rings (SSSR count). The van der Waals surface area contributed by atoms with Gasteiger partial charge >= 0.3 is 0 Å². The van der Waals surface area contributed by atoms with E-state index in [2.05, 4.69) is 44.3 Å². The quantitative estimate of drug-likeness (QED) is 0.787. The summed E-state index contributed by atoms with van der Waals surface area (Å²) in [6.07, 6.45) is 11.6. The second kappa shape index (κ2) is 7.76. The van der Waals surface area contributed by atoms with Crippen molar-refractivity contribution < 1.29 is 4.74 Å². The van der Waals surface area contributed by atoms with E-state index in [1.807, 2.05) is 18.3 Å². The van der Waals surface area contributed by atoms with Crippen LogP contribution in [0.5, 0.6) is 0 Å². The highest BCUT2D eigenvalue weighted by molar-refractivity contribution is 7.80. The SMILES string of the molecule is COCCN1C(=S)N[C@@H](c2ccccn2)[C@@H]1c1ccn(C2CCCC2)c1. The number of methoxy groups -OCH3 is 1. The Morgan fingerprint density at radius 3 is 2.85 bits per heavy atom. The van der Waals surface area contributed by atoms with Crippen LogP contribution in [0.2, 0.25) is 0 Å². The van der Waals surface area contributed by atoms with Crippen LogP contribution in [-0.2, 0) is 4.74 Å². The van der Waals surface area contributed by atoms with Gasteiger partial charge in [-0.05, 0) is 48.8 Å². The first-order valence-electron chi connectivity index (χ1n) is 9.42. The molecule has 1 aliphatic heterocycles. The highest BCUT2D eigenvalue weighted by Crippen LogP contribution is 2.39. The summed E-state index contributed by atoms with van der Waals surface area (Å²) in [7, 11) is 1.73. The van der Waals surface area contributed by atoms with E-state index in [1.165, 1.54) is 31.2 Å². The van der Waals surface area contributed by atoms with Gasteiger partial charge in [-0.15, -0.1) is 0 Å². The lowest BCUT2D eigenvalue weighted by Gasteiger charge is -2.27. The average Bonchev–Trinajstić information content (AvgIpc) is 3.40. The molecule has 2 aromatic rings. The summed E-state index contributed by atoms with van der Waals surface area (Å²) >= 11 is 5.65. The van der Waals surface area contributed by atoms with Gasteiger partial charge in [-0.25, -0.2) is 0 Å². The van der Waals surface area contributed by atoms with Crippen molar-refractivity contribution in [2.24, 2.45) is 0 Å². The molecule has 0 radical (unpaired) electrons. The number of aromatic nitrogens is 2. The molecule has 2 aromatic heterocycles. The second-order valence-electron chi connectivity index (χ2n) is 7.14. The lowest BCUT2D eigenvalue weighted by atomic mass is 9.99. The molecule has 0 bridgehead atoms. The summed E-state index contributed by atoms with van der Waals surface area (Å²) in [6, 6.07) is 9.13. The molecule has 1 saturated heterocycles. The van der Waals surface area contributed by atoms with E-state index in [0.29, 0.717) is 12.6 Å². The number of nitrogens with one attached hydrogen (secondary N) is 1. The van der Waals surface area contributed by atoms with Crippen LogP contribution in [0.25, 0.3) is 0 Å². The molecule has 6 heteroatoms. The van der Waals surface area contributed by atoms with Crippen molar-refractivity contribution in [3.63, 3.8) is 0 Å². The fourth-order valence-electron chi connectivity index (χ4n) is 4.23. The van der Waals surface area contributed by atoms with Crippen LogP contribution in [0.15, 0.2) is 42.9 Å². The predicted octanol–water partition coefficient (Wildman–Crippen LogP) is 3.62. The van der Waals surface area contributed by atoms with Gasteiger partial charge in [0.1, 0.15) is 0 Å². The number of rotatable bonds is 6. The minimum atomic E-state index is 0.0555. The molecule has 0 unspecified atom stereocenters. The summed E-state index contributed by atoms with van der Waals surface area (Å²) in [6.45, 7) is 1.42. The number of hydrogen-bond acceptors (Lipinski definition) is 3. The van der Waals surface area contributed by atoms with Gasteiger partial charge in [-0.3, -0.25) is 4.98 Å². The van der Waals surface area contributed by atoms with Crippen molar-refractivity contribution in [2.75, 3.05) is 20.3 Å². The maximum atomic E-state index is 5.65. The molecule has 1 saturated carbocycles. The first-order valence-corrected chi connectivity index (χ1v) is 9.83. The van der Waals surface area contributed by atoms with Crippen LogP contribution in [0.3, 0.4) is 0 Å². The van der Waals surface area contributed by atoms with E-state index in [4.69, 9.17) is 17.0 Å². The summed E-state index contributed by atoms with van der Waals surface area (Å²) in [5.74, 6) is 0. The Bertz CT molecular complexity index is 741. The molecule has 5 nitrogen and oxygen atoms in total. The van der Waals surface area contributed by atoms with Crippen LogP contribution in [0.1, 0.15) is 55.1 Å². The Labute approximate surface area is 160 Å². The molecule has 2 atom stereocenters. The first-order chi connectivity index (χ1) is 12.8. The predicted molar refractivity (Wildman–Crippen MR) is 106 cm³/mol. The van der Waals surface area contributed by atoms with Gasteiger partial charge in [-0.2, -0.15) is 0 Å². The molecule has 2 fully saturated rings. The van der Waals surface area contributed by atoms with Crippen LogP contribution in [-0.4, -0.2) is 39.8 Å². The molecular formula is C20H26N4OS. The van der Waals surface area contributed by atoms with Gasteiger partial charge in [0.05, 0.1) is 24.4 Å². The van der Waals surface area contributed by atoms with E-state index < -0.39 is 0 Å². The zero-order valence-corrected chi connectivity index (χ0v) is 16.0. The monoisotopic (exact) mass is 370 g/mol. The molecule has 0 amide bonds. The molecule has 26 heavy (non-hydrogen) atoms. The average molecular weight is 371 g/mol. The van der Waals surface area contributed by atoms with E-state index in [-0.39, 0.29) is 12.1 Å². The number of hydrogen-bond donors (Lipinski definition) is 1. The van der Waals surface area contributed by atoms with Crippen molar-refractivity contribution >= 4 is 17.3 Å². The van der Waals surface area contributed by atoms with Crippen LogP contribution in [0.4, 0.5) is 0 Å². The maximum Gasteiger partial charge on any atom is 0.170 e. The topological polar surface area (TPSA) is 42.3 Å². The third-order valence-corrected chi connectivity index (χ3v) is 5.91. The molecule has 138 valence electrons. The highest BCUT2D eigenvalue weighted by Gasteiger charge is 2.40.